The van der Waals surface area contributed by atoms with Gasteiger partial charge in [0.25, 0.3) is 0 Å². The average Bonchev–Trinajstić information content (AvgIpc) is 2.55. The summed E-state index contributed by atoms with van der Waals surface area (Å²) in [5.74, 6) is 0. The molecule has 94 valence electrons. The SMILES string of the molecule is CC(C)(C)NC(=O)Nc1nc2c(s1)CNCC2. The highest BCUT2D eigenvalue weighted by atomic mass is 32.1. The van der Waals surface area contributed by atoms with Crippen LogP contribution in [0.15, 0.2) is 0 Å². The molecule has 1 aromatic rings. The molecule has 0 atom stereocenters. The zero-order chi connectivity index (χ0) is 12.5. The van der Waals surface area contributed by atoms with E-state index in [9.17, 15) is 4.79 Å². The van der Waals surface area contributed by atoms with E-state index in [-0.39, 0.29) is 11.6 Å². The number of carbonyl (C=O) groups excluding carboxylic acids is 1. The van der Waals surface area contributed by atoms with Crippen LogP contribution in [0, 0.1) is 0 Å². The molecule has 1 aliphatic heterocycles. The molecule has 0 unspecified atom stereocenters. The minimum atomic E-state index is -0.234. The Balaban J connectivity index is 1.99. The minimum Gasteiger partial charge on any atom is -0.333 e. The smallest absolute Gasteiger partial charge is 0.321 e. The Hall–Kier alpha value is -1.14. The molecule has 2 amide bonds. The molecular formula is C11H18N4OS. The van der Waals surface area contributed by atoms with Crippen LogP contribution in [0.4, 0.5) is 9.93 Å². The first-order valence-electron chi connectivity index (χ1n) is 5.72. The standard InChI is InChI=1S/C11H18N4OS/c1-11(2,3)15-9(16)14-10-13-7-4-5-12-6-8(7)17-10/h12H,4-6H2,1-3H3,(H2,13,14,15,16). The Morgan fingerprint density at radius 1 is 1.47 bits per heavy atom. The van der Waals surface area contributed by atoms with Crippen LogP contribution in [0.3, 0.4) is 0 Å². The molecule has 1 aliphatic rings. The molecule has 5 nitrogen and oxygen atoms in total. The van der Waals surface area contributed by atoms with Crippen molar-refractivity contribution in [1.82, 2.24) is 15.6 Å². The van der Waals surface area contributed by atoms with Crippen molar-refractivity contribution in [2.24, 2.45) is 0 Å². The van der Waals surface area contributed by atoms with E-state index in [0.29, 0.717) is 5.13 Å². The molecule has 0 saturated carbocycles. The first-order valence-corrected chi connectivity index (χ1v) is 6.54. The molecule has 3 N–H and O–H groups in total. The van der Waals surface area contributed by atoms with Gasteiger partial charge in [-0.25, -0.2) is 9.78 Å². The van der Waals surface area contributed by atoms with Gasteiger partial charge in [0.15, 0.2) is 5.13 Å². The third-order valence-electron chi connectivity index (χ3n) is 2.31. The Labute approximate surface area is 105 Å². The number of amides is 2. The van der Waals surface area contributed by atoms with Crippen molar-refractivity contribution in [3.63, 3.8) is 0 Å². The van der Waals surface area contributed by atoms with Gasteiger partial charge in [-0.15, -0.1) is 11.3 Å². The van der Waals surface area contributed by atoms with E-state index in [1.807, 2.05) is 20.8 Å². The van der Waals surface area contributed by atoms with Crippen LogP contribution in [0.2, 0.25) is 0 Å². The van der Waals surface area contributed by atoms with Gasteiger partial charge in [-0.1, -0.05) is 0 Å². The number of anilines is 1. The summed E-state index contributed by atoms with van der Waals surface area (Å²) < 4.78 is 0. The lowest BCUT2D eigenvalue weighted by atomic mass is 10.1. The van der Waals surface area contributed by atoms with Crippen LogP contribution in [0.25, 0.3) is 0 Å². The van der Waals surface area contributed by atoms with Gasteiger partial charge in [-0.2, -0.15) is 0 Å². The highest BCUT2D eigenvalue weighted by Gasteiger charge is 2.18. The van der Waals surface area contributed by atoms with Crippen molar-refractivity contribution in [1.29, 1.82) is 0 Å². The normalized spacial score (nSPS) is 15.2. The number of fused-ring (bicyclic) bond motifs is 1. The minimum absolute atomic E-state index is 0.198. The van der Waals surface area contributed by atoms with E-state index in [4.69, 9.17) is 0 Å². The first-order chi connectivity index (χ1) is 7.94. The fourth-order valence-corrected chi connectivity index (χ4v) is 2.62. The predicted molar refractivity (Wildman–Crippen MR) is 69.4 cm³/mol. The fraction of sp³-hybridized carbons (Fsp3) is 0.636. The van der Waals surface area contributed by atoms with E-state index in [2.05, 4.69) is 20.9 Å². The van der Waals surface area contributed by atoms with Gasteiger partial charge < -0.3 is 10.6 Å². The molecule has 0 spiro atoms. The van der Waals surface area contributed by atoms with Crippen molar-refractivity contribution in [2.45, 2.75) is 39.3 Å². The number of thiazole rings is 1. The van der Waals surface area contributed by atoms with Crippen LogP contribution < -0.4 is 16.0 Å². The van der Waals surface area contributed by atoms with Crippen molar-refractivity contribution in [3.05, 3.63) is 10.6 Å². The van der Waals surface area contributed by atoms with Crippen molar-refractivity contribution < 1.29 is 4.79 Å². The summed E-state index contributed by atoms with van der Waals surface area (Å²) in [6, 6.07) is -0.198. The predicted octanol–water partition coefficient (Wildman–Crippen LogP) is 1.71. The van der Waals surface area contributed by atoms with Gasteiger partial charge in [0.1, 0.15) is 0 Å². The van der Waals surface area contributed by atoms with E-state index >= 15 is 0 Å². The monoisotopic (exact) mass is 254 g/mol. The van der Waals surface area contributed by atoms with Crippen molar-refractivity contribution in [3.8, 4) is 0 Å². The highest BCUT2D eigenvalue weighted by molar-refractivity contribution is 7.15. The van der Waals surface area contributed by atoms with E-state index in [1.165, 1.54) is 4.88 Å². The Kier molecular flexibility index (Phi) is 3.35. The number of rotatable bonds is 1. The second-order valence-corrected chi connectivity index (χ2v) is 6.23. The molecule has 0 aromatic carbocycles. The zero-order valence-corrected chi connectivity index (χ0v) is 11.2. The van der Waals surface area contributed by atoms with Gasteiger partial charge in [-0.3, -0.25) is 5.32 Å². The molecule has 17 heavy (non-hydrogen) atoms. The second kappa shape index (κ2) is 4.62. The number of nitrogens with one attached hydrogen (secondary N) is 3. The Bertz CT molecular complexity index is 398. The Morgan fingerprint density at radius 2 is 2.24 bits per heavy atom. The second-order valence-electron chi connectivity index (χ2n) is 5.14. The van der Waals surface area contributed by atoms with Crippen molar-refractivity contribution in [2.75, 3.05) is 11.9 Å². The quantitative estimate of drug-likeness (QED) is 0.715. The summed E-state index contributed by atoms with van der Waals surface area (Å²) in [7, 11) is 0. The maximum atomic E-state index is 11.7. The summed E-state index contributed by atoms with van der Waals surface area (Å²) in [5, 5.41) is 9.60. The summed E-state index contributed by atoms with van der Waals surface area (Å²) in [6.07, 6.45) is 0.939. The van der Waals surface area contributed by atoms with Gasteiger partial charge >= 0.3 is 6.03 Å². The summed E-state index contributed by atoms with van der Waals surface area (Å²) in [6.45, 7) is 7.66. The lowest BCUT2D eigenvalue weighted by molar-refractivity contribution is 0.244. The van der Waals surface area contributed by atoms with Crippen LogP contribution in [-0.2, 0) is 13.0 Å². The molecule has 0 bridgehead atoms. The fourth-order valence-electron chi connectivity index (χ4n) is 1.65. The number of carbonyl (C=O) groups is 1. The maximum Gasteiger partial charge on any atom is 0.321 e. The van der Waals surface area contributed by atoms with Crippen LogP contribution in [0.1, 0.15) is 31.3 Å². The van der Waals surface area contributed by atoms with Crippen LogP contribution >= 0.6 is 11.3 Å². The zero-order valence-electron chi connectivity index (χ0n) is 10.4. The summed E-state index contributed by atoms with van der Waals surface area (Å²) >= 11 is 1.54. The van der Waals surface area contributed by atoms with Gasteiger partial charge in [0.2, 0.25) is 0 Å². The van der Waals surface area contributed by atoms with Gasteiger partial charge in [0.05, 0.1) is 5.69 Å². The van der Waals surface area contributed by atoms with E-state index in [0.717, 1.165) is 25.2 Å². The molecule has 2 heterocycles. The van der Waals surface area contributed by atoms with Crippen LogP contribution in [0.5, 0.6) is 0 Å². The largest absolute Gasteiger partial charge is 0.333 e. The Morgan fingerprint density at radius 3 is 2.88 bits per heavy atom. The number of nitrogens with zero attached hydrogens (tertiary/aromatic N) is 1. The summed E-state index contributed by atoms with van der Waals surface area (Å²) in [5.41, 5.74) is 0.877. The average molecular weight is 254 g/mol. The summed E-state index contributed by atoms with van der Waals surface area (Å²) in [4.78, 5) is 17.3. The molecule has 0 radical (unpaired) electrons. The topological polar surface area (TPSA) is 66.0 Å². The number of hydrogen-bond acceptors (Lipinski definition) is 4. The molecule has 0 fully saturated rings. The van der Waals surface area contributed by atoms with Gasteiger partial charge in [-0.05, 0) is 20.8 Å². The lowest BCUT2D eigenvalue weighted by Gasteiger charge is -2.20. The highest BCUT2D eigenvalue weighted by Crippen LogP contribution is 2.25. The van der Waals surface area contributed by atoms with E-state index in [1.54, 1.807) is 11.3 Å². The van der Waals surface area contributed by atoms with Crippen molar-refractivity contribution >= 4 is 22.5 Å². The van der Waals surface area contributed by atoms with Gasteiger partial charge in [0, 0.05) is 29.9 Å². The maximum absolute atomic E-state index is 11.7. The number of aromatic nitrogens is 1. The third-order valence-corrected chi connectivity index (χ3v) is 3.32. The molecule has 0 saturated heterocycles. The molecule has 2 rings (SSSR count). The number of urea groups is 1. The molecule has 1 aromatic heterocycles. The van der Waals surface area contributed by atoms with Crippen LogP contribution in [-0.4, -0.2) is 23.1 Å². The molecule has 0 aliphatic carbocycles. The number of hydrogen-bond donors (Lipinski definition) is 3. The first kappa shape index (κ1) is 12.3. The lowest BCUT2D eigenvalue weighted by Crippen LogP contribution is -2.43. The molecular weight excluding hydrogens is 236 g/mol. The van der Waals surface area contributed by atoms with E-state index < -0.39 is 0 Å². The molecule has 6 heteroatoms. The third kappa shape index (κ3) is 3.41.